The summed E-state index contributed by atoms with van der Waals surface area (Å²) < 4.78 is 6.93. The van der Waals surface area contributed by atoms with E-state index in [1.54, 1.807) is 0 Å². The van der Waals surface area contributed by atoms with Crippen molar-refractivity contribution in [3.63, 3.8) is 0 Å². The Hall–Kier alpha value is -0.540. The monoisotopic (exact) mass is 339 g/mol. The lowest BCUT2D eigenvalue weighted by atomic mass is 10.0. The zero-order valence-corrected chi connectivity index (χ0v) is 14.4. The molecule has 112 valence electrons. The molecule has 20 heavy (non-hydrogen) atoms. The van der Waals surface area contributed by atoms with Gasteiger partial charge in [-0.05, 0) is 37.0 Å². The number of ether oxygens (including phenoxy) is 1. The van der Waals surface area contributed by atoms with Gasteiger partial charge in [0.25, 0.3) is 0 Å². The Kier molecular flexibility index (Phi) is 5.91. The van der Waals surface area contributed by atoms with Crippen molar-refractivity contribution in [2.45, 2.75) is 59.0 Å². The molecule has 1 unspecified atom stereocenters. The van der Waals surface area contributed by atoms with Crippen molar-refractivity contribution in [3.05, 3.63) is 27.7 Å². The van der Waals surface area contributed by atoms with Crippen molar-refractivity contribution < 1.29 is 4.74 Å². The number of rotatable bonds is 7. The van der Waals surface area contributed by atoms with Gasteiger partial charge in [-0.1, -0.05) is 42.6 Å². The van der Waals surface area contributed by atoms with Crippen molar-refractivity contribution in [1.82, 2.24) is 5.32 Å². The van der Waals surface area contributed by atoms with E-state index in [1.807, 2.05) is 0 Å². The molecule has 1 aliphatic heterocycles. The van der Waals surface area contributed by atoms with Crippen LogP contribution in [-0.2, 0) is 13.0 Å². The van der Waals surface area contributed by atoms with E-state index in [0.717, 1.165) is 35.7 Å². The molecule has 0 bridgehead atoms. The maximum atomic E-state index is 5.77. The number of halogens is 1. The predicted octanol–water partition coefficient (Wildman–Crippen LogP) is 4.69. The number of hydrogen-bond acceptors (Lipinski definition) is 2. The van der Waals surface area contributed by atoms with Crippen molar-refractivity contribution in [1.29, 1.82) is 0 Å². The highest BCUT2D eigenvalue weighted by atomic mass is 79.9. The van der Waals surface area contributed by atoms with Crippen molar-refractivity contribution in [3.8, 4) is 5.75 Å². The second kappa shape index (κ2) is 7.46. The molecular weight excluding hydrogens is 314 g/mol. The highest BCUT2D eigenvalue weighted by Crippen LogP contribution is 2.32. The summed E-state index contributed by atoms with van der Waals surface area (Å²) in [6.07, 6.45) is 4.90. The fourth-order valence-electron chi connectivity index (χ4n) is 2.70. The molecule has 0 amide bonds. The predicted molar refractivity (Wildman–Crippen MR) is 88.3 cm³/mol. The maximum absolute atomic E-state index is 5.77. The van der Waals surface area contributed by atoms with Gasteiger partial charge in [-0.15, -0.1) is 0 Å². The van der Waals surface area contributed by atoms with E-state index < -0.39 is 0 Å². The van der Waals surface area contributed by atoms with Gasteiger partial charge in [0.1, 0.15) is 5.75 Å². The van der Waals surface area contributed by atoms with Gasteiger partial charge in [0.2, 0.25) is 0 Å². The molecule has 1 heterocycles. The summed E-state index contributed by atoms with van der Waals surface area (Å²) >= 11 is 3.60. The van der Waals surface area contributed by atoms with Gasteiger partial charge in [-0.25, -0.2) is 0 Å². The highest BCUT2D eigenvalue weighted by Gasteiger charge is 2.17. The molecule has 0 aliphatic carbocycles. The van der Waals surface area contributed by atoms with Crippen molar-refractivity contribution in [2.24, 2.45) is 5.92 Å². The lowest BCUT2D eigenvalue weighted by molar-refractivity contribution is 0.351. The normalized spacial score (nSPS) is 15.2. The van der Waals surface area contributed by atoms with Gasteiger partial charge < -0.3 is 10.1 Å². The maximum Gasteiger partial charge on any atom is 0.127 e. The first-order chi connectivity index (χ1) is 9.56. The van der Waals surface area contributed by atoms with Crippen LogP contribution in [0.1, 0.15) is 51.2 Å². The molecule has 2 nitrogen and oxygen atoms in total. The molecule has 1 aliphatic rings. The third-order valence-electron chi connectivity index (χ3n) is 3.88. The molecule has 0 radical (unpaired) electrons. The first-order valence-electron chi connectivity index (χ1n) is 7.73. The molecule has 3 heteroatoms. The standard InChI is InChI=1S/C17H26BrNO/c1-12(2)5-4-6-13(3)19-11-15-10-16(18)9-14-7-8-20-17(14)15/h9-10,12-13,19H,4-8,11H2,1-3H3. The molecule has 1 atom stereocenters. The van der Waals surface area contributed by atoms with E-state index in [9.17, 15) is 0 Å². The molecule has 1 aromatic carbocycles. The van der Waals surface area contributed by atoms with Gasteiger partial charge in [-0.3, -0.25) is 0 Å². The minimum Gasteiger partial charge on any atom is -0.493 e. The quantitative estimate of drug-likeness (QED) is 0.778. The van der Waals surface area contributed by atoms with E-state index in [2.05, 4.69) is 54.2 Å². The number of hydrogen-bond donors (Lipinski definition) is 1. The molecule has 0 spiro atoms. The second-order valence-corrected chi connectivity index (χ2v) is 7.17. The summed E-state index contributed by atoms with van der Waals surface area (Å²) in [4.78, 5) is 0. The SMILES string of the molecule is CC(C)CCCC(C)NCc1cc(Br)cc2c1OCC2. The molecule has 0 fully saturated rings. The van der Waals surface area contributed by atoms with Gasteiger partial charge in [-0.2, -0.15) is 0 Å². The topological polar surface area (TPSA) is 21.3 Å². The fraction of sp³-hybridized carbons (Fsp3) is 0.647. The van der Waals surface area contributed by atoms with Gasteiger partial charge >= 0.3 is 0 Å². The zero-order chi connectivity index (χ0) is 14.5. The summed E-state index contributed by atoms with van der Waals surface area (Å²) in [5.74, 6) is 1.92. The minimum atomic E-state index is 0.560. The van der Waals surface area contributed by atoms with Gasteiger partial charge in [0, 0.05) is 29.0 Å². The van der Waals surface area contributed by atoms with Crippen LogP contribution in [0.2, 0.25) is 0 Å². The van der Waals surface area contributed by atoms with Crippen LogP contribution in [0.5, 0.6) is 5.75 Å². The van der Waals surface area contributed by atoms with Crippen LogP contribution >= 0.6 is 15.9 Å². The average Bonchev–Trinajstić information content (AvgIpc) is 2.83. The molecular formula is C17H26BrNO. The lowest BCUT2D eigenvalue weighted by Crippen LogP contribution is -2.25. The first-order valence-corrected chi connectivity index (χ1v) is 8.53. The van der Waals surface area contributed by atoms with Crippen LogP contribution in [0.25, 0.3) is 0 Å². The van der Waals surface area contributed by atoms with E-state index in [1.165, 1.54) is 30.4 Å². The fourth-order valence-corrected chi connectivity index (χ4v) is 3.25. The molecule has 0 aromatic heterocycles. The number of benzene rings is 1. The second-order valence-electron chi connectivity index (χ2n) is 6.26. The minimum absolute atomic E-state index is 0.560. The third kappa shape index (κ3) is 4.49. The summed E-state index contributed by atoms with van der Waals surface area (Å²) in [6, 6.07) is 4.92. The van der Waals surface area contributed by atoms with Gasteiger partial charge in [0.05, 0.1) is 6.61 Å². The van der Waals surface area contributed by atoms with E-state index in [0.29, 0.717) is 6.04 Å². The first kappa shape index (κ1) is 15.8. The summed E-state index contributed by atoms with van der Waals surface area (Å²) in [5.41, 5.74) is 2.62. The van der Waals surface area contributed by atoms with Crippen LogP contribution in [0, 0.1) is 5.92 Å². The Morgan fingerprint density at radius 3 is 2.80 bits per heavy atom. The van der Waals surface area contributed by atoms with Crippen LogP contribution in [-0.4, -0.2) is 12.6 Å². The summed E-state index contributed by atoms with van der Waals surface area (Å²) in [6.45, 7) is 8.58. The van der Waals surface area contributed by atoms with Gasteiger partial charge in [0.15, 0.2) is 0 Å². The average molecular weight is 340 g/mol. The van der Waals surface area contributed by atoms with E-state index >= 15 is 0 Å². The largest absolute Gasteiger partial charge is 0.493 e. The number of fused-ring (bicyclic) bond motifs is 1. The Morgan fingerprint density at radius 1 is 1.25 bits per heavy atom. The Labute approximate surface area is 131 Å². The Bertz CT molecular complexity index is 445. The molecule has 0 saturated heterocycles. The van der Waals surface area contributed by atoms with Crippen molar-refractivity contribution in [2.75, 3.05) is 6.61 Å². The summed E-state index contributed by atoms with van der Waals surface area (Å²) in [7, 11) is 0. The third-order valence-corrected chi connectivity index (χ3v) is 4.34. The molecule has 1 aromatic rings. The highest BCUT2D eigenvalue weighted by molar-refractivity contribution is 9.10. The van der Waals surface area contributed by atoms with E-state index in [-0.39, 0.29) is 0 Å². The Balaban J connectivity index is 1.85. The lowest BCUT2D eigenvalue weighted by Gasteiger charge is -2.16. The molecule has 0 saturated carbocycles. The molecule has 2 rings (SSSR count). The van der Waals surface area contributed by atoms with E-state index in [4.69, 9.17) is 4.74 Å². The number of nitrogens with one attached hydrogen (secondary N) is 1. The van der Waals surface area contributed by atoms with Crippen molar-refractivity contribution >= 4 is 15.9 Å². The Morgan fingerprint density at radius 2 is 2.05 bits per heavy atom. The molecule has 1 N–H and O–H groups in total. The smallest absolute Gasteiger partial charge is 0.127 e. The summed E-state index contributed by atoms with van der Waals surface area (Å²) in [5, 5.41) is 3.63. The zero-order valence-electron chi connectivity index (χ0n) is 12.8. The van der Waals surface area contributed by atoms with Crippen LogP contribution in [0.4, 0.5) is 0 Å². The van der Waals surface area contributed by atoms with Crippen LogP contribution < -0.4 is 10.1 Å². The van der Waals surface area contributed by atoms with Crippen LogP contribution in [0.15, 0.2) is 16.6 Å². The van der Waals surface area contributed by atoms with Crippen LogP contribution in [0.3, 0.4) is 0 Å².